The van der Waals surface area contributed by atoms with Crippen LogP contribution in [0.2, 0.25) is 0 Å². The lowest BCUT2D eigenvalue weighted by molar-refractivity contribution is 0.929. The Morgan fingerprint density at radius 3 is 2.62 bits per heavy atom. The maximum absolute atomic E-state index is 4.51. The van der Waals surface area contributed by atoms with Crippen LogP contribution in [0.5, 0.6) is 0 Å². The predicted octanol–water partition coefficient (Wildman–Crippen LogP) is 4.33. The number of rotatable bonds is 7. The predicted molar refractivity (Wildman–Crippen MR) is 91.7 cm³/mol. The fraction of sp³-hybridized carbons (Fsp3) is 0.375. The summed E-state index contributed by atoms with van der Waals surface area (Å²) in [6, 6.07) is 10.4. The number of aromatic nitrogens is 2. The average Bonchev–Trinajstić information content (AvgIpc) is 2.52. The monoisotopic (exact) mass is 302 g/mol. The van der Waals surface area contributed by atoms with Crippen molar-refractivity contribution in [1.82, 2.24) is 9.97 Å². The summed E-state index contributed by atoms with van der Waals surface area (Å²) in [4.78, 5) is 8.98. The van der Waals surface area contributed by atoms with Crippen molar-refractivity contribution >= 4 is 29.1 Å². The Labute approximate surface area is 130 Å². The molecule has 0 fully saturated rings. The molecule has 0 aliphatic heterocycles. The molecule has 0 aliphatic rings. The van der Waals surface area contributed by atoms with Gasteiger partial charge in [-0.2, -0.15) is 0 Å². The Hall–Kier alpha value is -1.75. The van der Waals surface area contributed by atoms with E-state index in [1.54, 1.807) is 11.8 Å². The molecule has 2 rings (SSSR count). The molecule has 0 radical (unpaired) electrons. The van der Waals surface area contributed by atoms with Gasteiger partial charge in [0, 0.05) is 18.3 Å². The first kappa shape index (κ1) is 15.6. The molecule has 5 heteroatoms. The van der Waals surface area contributed by atoms with Gasteiger partial charge in [-0.25, -0.2) is 9.97 Å². The molecule has 2 N–H and O–H groups in total. The molecule has 0 spiro atoms. The van der Waals surface area contributed by atoms with Crippen molar-refractivity contribution in [1.29, 1.82) is 0 Å². The zero-order chi connectivity index (χ0) is 15.1. The van der Waals surface area contributed by atoms with Crippen LogP contribution in [0.15, 0.2) is 35.5 Å². The van der Waals surface area contributed by atoms with Crippen molar-refractivity contribution in [2.45, 2.75) is 31.8 Å². The van der Waals surface area contributed by atoms with Crippen LogP contribution >= 0.6 is 11.8 Å². The highest BCUT2D eigenvalue weighted by molar-refractivity contribution is 7.98. The third-order valence-electron chi connectivity index (χ3n) is 3.05. The fourth-order valence-corrected chi connectivity index (χ4v) is 2.32. The lowest BCUT2D eigenvalue weighted by Crippen LogP contribution is -2.05. The first-order valence-electron chi connectivity index (χ1n) is 7.28. The standard InChI is InChI=1S/C16H22N4S/c1-4-9-17-14-11-15(20-16(19-14)21-3)18-13-8-6-7-12(5-2)10-13/h6-8,10-11H,4-5,9H2,1-3H3,(H2,17,18,19,20). The van der Waals surface area contributed by atoms with Crippen molar-refractivity contribution in [3.05, 3.63) is 35.9 Å². The van der Waals surface area contributed by atoms with Gasteiger partial charge in [-0.1, -0.05) is 37.7 Å². The highest BCUT2D eigenvalue weighted by Gasteiger charge is 2.04. The van der Waals surface area contributed by atoms with Crippen LogP contribution in [-0.2, 0) is 6.42 Å². The first-order valence-corrected chi connectivity index (χ1v) is 8.50. The summed E-state index contributed by atoms with van der Waals surface area (Å²) in [5, 5.41) is 7.45. The van der Waals surface area contributed by atoms with E-state index in [1.165, 1.54) is 5.56 Å². The van der Waals surface area contributed by atoms with Crippen molar-refractivity contribution in [2.75, 3.05) is 23.4 Å². The second-order valence-electron chi connectivity index (χ2n) is 4.73. The second kappa shape index (κ2) is 7.88. The van der Waals surface area contributed by atoms with Crippen LogP contribution in [0.3, 0.4) is 0 Å². The van der Waals surface area contributed by atoms with Gasteiger partial charge in [-0.05, 0) is 36.8 Å². The molecule has 0 saturated carbocycles. The summed E-state index contributed by atoms with van der Waals surface area (Å²) in [6.07, 6.45) is 4.08. The van der Waals surface area contributed by atoms with Gasteiger partial charge in [0.1, 0.15) is 11.6 Å². The number of hydrogen-bond donors (Lipinski definition) is 2. The molecule has 0 amide bonds. The van der Waals surface area contributed by atoms with E-state index in [0.717, 1.165) is 41.9 Å². The van der Waals surface area contributed by atoms with Gasteiger partial charge in [0.2, 0.25) is 0 Å². The van der Waals surface area contributed by atoms with Gasteiger partial charge in [-0.15, -0.1) is 0 Å². The molecular weight excluding hydrogens is 280 g/mol. The number of thioether (sulfide) groups is 1. The topological polar surface area (TPSA) is 49.8 Å². The third-order valence-corrected chi connectivity index (χ3v) is 3.60. The Morgan fingerprint density at radius 2 is 1.90 bits per heavy atom. The van der Waals surface area contributed by atoms with E-state index in [1.807, 2.05) is 12.3 Å². The smallest absolute Gasteiger partial charge is 0.191 e. The summed E-state index contributed by atoms with van der Waals surface area (Å²) < 4.78 is 0. The Kier molecular flexibility index (Phi) is 5.87. The minimum absolute atomic E-state index is 0.769. The molecule has 2 aromatic rings. The molecule has 0 saturated heterocycles. The third kappa shape index (κ3) is 4.63. The molecule has 21 heavy (non-hydrogen) atoms. The Morgan fingerprint density at radius 1 is 1.10 bits per heavy atom. The number of benzene rings is 1. The molecule has 1 heterocycles. The number of hydrogen-bond acceptors (Lipinski definition) is 5. The van der Waals surface area contributed by atoms with Gasteiger partial charge >= 0.3 is 0 Å². The first-order chi connectivity index (χ1) is 10.2. The second-order valence-corrected chi connectivity index (χ2v) is 5.50. The highest BCUT2D eigenvalue weighted by atomic mass is 32.2. The molecule has 112 valence electrons. The number of nitrogens with one attached hydrogen (secondary N) is 2. The number of aryl methyl sites for hydroxylation is 1. The normalized spacial score (nSPS) is 10.4. The van der Waals surface area contributed by atoms with Crippen molar-refractivity contribution in [3.63, 3.8) is 0 Å². The Bertz CT molecular complexity index is 586. The quantitative estimate of drug-likeness (QED) is 0.589. The zero-order valence-electron chi connectivity index (χ0n) is 12.8. The van der Waals surface area contributed by atoms with E-state index in [0.29, 0.717) is 0 Å². The van der Waals surface area contributed by atoms with E-state index in [4.69, 9.17) is 0 Å². The van der Waals surface area contributed by atoms with E-state index < -0.39 is 0 Å². The zero-order valence-corrected chi connectivity index (χ0v) is 13.6. The summed E-state index contributed by atoms with van der Waals surface area (Å²) in [7, 11) is 0. The van der Waals surface area contributed by atoms with E-state index in [2.05, 4.69) is 58.7 Å². The van der Waals surface area contributed by atoms with Gasteiger partial charge in [-0.3, -0.25) is 0 Å². The molecule has 0 bridgehead atoms. The van der Waals surface area contributed by atoms with Crippen LogP contribution in [0.4, 0.5) is 17.3 Å². The summed E-state index contributed by atoms with van der Waals surface area (Å²) >= 11 is 1.55. The lowest BCUT2D eigenvalue weighted by Gasteiger charge is -2.11. The number of anilines is 3. The number of nitrogens with zero attached hydrogens (tertiary/aromatic N) is 2. The summed E-state index contributed by atoms with van der Waals surface area (Å²) in [5.41, 5.74) is 2.37. The molecule has 1 aromatic heterocycles. The molecular formula is C16H22N4S. The van der Waals surface area contributed by atoms with Crippen molar-refractivity contribution < 1.29 is 0 Å². The van der Waals surface area contributed by atoms with E-state index >= 15 is 0 Å². The van der Waals surface area contributed by atoms with Gasteiger partial charge in [0.05, 0.1) is 0 Å². The van der Waals surface area contributed by atoms with E-state index in [-0.39, 0.29) is 0 Å². The molecule has 1 aromatic carbocycles. The average molecular weight is 302 g/mol. The highest BCUT2D eigenvalue weighted by Crippen LogP contribution is 2.21. The molecule has 4 nitrogen and oxygen atoms in total. The van der Waals surface area contributed by atoms with Crippen molar-refractivity contribution in [2.24, 2.45) is 0 Å². The van der Waals surface area contributed by atoms with Crippen LogP contribution in [0.25, 0.3) is 0 Å². The van der Waals surface area contributed by atoms with Gasteiger partial charge in [0.25, 0.3) is 0 Å². The lowest BCUT2D eigenvalue weighted by atomic mass is 10.1. The minimum Gasteiger partial charge on any atom is -0.370 e. The van der Waals surface area contributed by atoms with Crippen LogP contribution in [0.1, 0.15) is 25.8 Å². The molecule has 0 aliphatic carbocycles. The largest absolute Gasteiger partial charge is 0.370 e. The van der Waals surface area contributed by atoms with Crippen LogP contribution in [-0.4, -0.2) is 22.8 Å². The Balaban J connectivity index is 2.21. The van der Waals surface area contributed by atoms with Gasteiger partial charge in [0.15, 0.2) is 5.16 Å². The minimum atomic E-state index is 0.769. The van der Waals surface area contributed by atoms with Crippen molar-refractivity contribution in [3.8, 4) is 0 Å². The molecule has 0 atom stereocenters. The molecule has 0 unspecified atom stereocenters. The van der Waals surface area contributed by atoms with Crippen LogP contribution < -0.4 is 10.6 Å². The summed E-state index contributed by atoms with van der Waals surface area (Å²) in [5.74, 6) is 1.69. The van der Waals surface area contributed by atoms with Crippen LogP contribution in [0, 0.1) is 0 Å². The maximum atomic E-state index is 4.51. The van der Waals surface area contributed by atoms with E-state index in [9.17, 15) is 0 Å². The fourth-order valence-electron chi connectivity index (χ4n) is 1.94. The SMILES string of the molecule is CCCNc1cc(Nc2cccc(CC)c2)nc(SC)n1. The van der Waals surface area contributed by atoms with Gasteiger partial charge < -0.3 is 10.6 Å². The summed E-state index contributed by atoms with van der Waals surface area (Å²) in [6.45, 7) is 5.21. The maximum Gasteiger partial charge on any atom is 0.191 e.